The number of carbonyl (C=O) groups is 3. The third-order valence-electron chi connectivity index (χ3n) is 14.2. The van der Waals surface area contributed by atoms with Crippen molar-refractivity contribution < 1.29 is 28.6 Å². The summed E-state index contributed by atoms with van der Waals surface area (Å²) in [5.41, 5.74) is 0. The Kier molecular flexibility index (Phi) is 58.2. The van der Waals surface area contributed by atoms with Crippen LogP contribution in [0.25, 0.3) is 0 Å². The minimum atomic E-state index is -0.776. The molecule has 0 heterocycles. The van der Waals surface area contributed by atoms with E-state index in [0.717, 1.165) is 96.3 Å². The van der Waals surface area contributed by atoms with Crippen molar-refractivity contribution in [2.24, 2.45) is 0 Å². The van der Waals surface area contributed by atoms with E-state index in [4.69, 9.17) is 14.2 Å². The Morgan fingerprint density at radius 2 is 0.549 bits per heavy atom. The van der Waals surface area contributed by atoms with Crippen molar-refractivity contribution in [1.82, 2.24) is 0 Å². The van der Waals surface area contributed by atoms with Gasteiger partial charge in [0.2, 0.25) is 0 Å². The van der Waals surface area contributed by atoms with Crippen molar-refractivity contribution in [3.05, 3.63) is 36.5 Å². The van der Waals surface area contributed by atoms with Gasteiger partial charge in [-0.15, -0.1) is 0 Å². The molecule has 6 heteroatoms. The van der Waals surface area contributed by atoms with Gasteiger partial charge in [-0.2, -0.15) is 0 Å². The van der Waals surface area contributed by atoms with Crippen LogP contribution in [-0.4, -0.2) is 37.2 Å². The highest BCUT2D eigenvalue weighted by Crippen LogP contribution is 2.18. The number of ether oxygens (including phenoxy) is 3. The van der Waals surface area contributed by atoms with E-state index < -0.39 is 6.10 Å². The highest BCUT2D eigenvalue weighted by molar-refractivity contribution is 5.71. The molecule has 0 N–H and O–H groups in total. The zero-order valence-corrected chi connectivity index (χ0v) is 47.8. The topological polar surface area (TPSA) is 78.9 Å². The summed E-state index contributed by atoms with van der Waals surface area (Å²) >= 11 is 0. The summed E-state index contributed by atoms with van der Waals surface area (Å²) in [6.45, 7) is 6.54. The number of esters is 3. The average Bonchev–Trinajstić information content (AvgIpc) is 3.37. The third-order valence-corrected chi connectivity index (χ3v) is 14.2. The SMILES string of the molecule is CC/C=C\C/C=C\C/C=C\CCCCCCCC(=O)OC(COC(=O)CCCCCCCCCCC)COC(=O)CCCCCCCCCCCCCCCCCCCCCCCCCCCCCCC. The van der Waals surface area contributed by atoms with Crippen molar-refractivity contribution in [3.8, 4) is 0 Å². The number of unbranched alkanes of at least 4 members (excludes halogenated alkanes) is 41. The van der Waals surface area contributed by atoms with Gasteiger partial charge >= 0.3 is 17.9 Å². The molecule has 0 radical (unpaired) electrons. The second kappa shape index (κ2) is 60.2. The number of hydrogen-bond acceptors (Lipinski definition) is 6. The lowest BCUT2D eigenvalue weighted by Crippen LogP contribution is -2.30. The van der Waals surface area contributed by atoms with E-state index >= 15 is 0 Å². The first kappa shape index (κ1) is 68.6. The lowest BCUT2D eigenvalue weighted by Gasteiger charge is -2.18. The first-order valence-electron chi connectivity index (χ1n) is 31.5. The molecule has 0 aromatic carbocycles. The molecular formula is C65H120O6. The van der Waals surface area contributed by atoms with Crippen LogP contribution in [0.3, 0.4) is 0 Å². The number of carbonyl (C=O) groups excluding carboxylic acids is 3. The van der Waals surface area contributed by atoms with Crippen LogP contribution in [0.5, 0.6) is 0 Å². The summed E-state index contributed by atoms with van der Waals surface area (Å²) in [6.07, 6.45) is 73.3. The molecule has 416 valence electrons. The molecule has 0 aromatic rings. The molecule has 1 atom stereocenters. The van der Waals surface area contributed by atoms with E-state index in [9.17, 15) is 14.4 Å². The molecule has 0 amide bonds. The van der Waals surface area contributed by atoms with Gasteiger partial charge in [-0.1, -0.05) is 308 Å². The van der Waals surface area contributed by atoms with E-state index in [-0.39, 0.29) is 31.1 Å². The van der Waals surface area contributed by atoms with E-state index in [1.807, 2.05) is 0 Å². The zero-order valence-electron chi connectivity index (χ0n) is 47.8. The Morgan fingerprint density at radius 1 is 0.296 bits per heavy atom. The van der Waals surface area contributed by atoms with E-state index in [0.29, 0.717) is 19.3 Å². The lowest BCUT2D eigenvalue weighted by atomic mass is 10.0. The third kappa shape index (κ3) is 58.4. The van der Waals surface area contributed by atoms with Gasteiger partial charge in [0, 0.05) is 19.3 Å². The molecule has 0 aromatic heterocycles. The Hall–Kier alpha value is -2.37. The molecular weight excluding hydrogens is 877 g/mol. The Bertz CT molecular complexity index is 1190. The van der Waals surface area contributed by atoms with Crippen LogP contribution in [0, 0.1) is 0 Å². The van der Waals surface area contributed by atoms with Crippen LogP contribution in [-0.2, 0) is 28.6 Å². The highest BCUT2D eigenvalue weighted by atomic mass is 16.6. The summed E-state index contributed by atoms with van der Waals surface area (Å²) in [7, 11) is 0. The predicted molar refractivity (Wildman–Crippen MR) is 307 cm³/mol. The fourth-order valence-electron chi connectivity index (χ4n) is 9.46. The van der Waals surface area contributed by atoms with E-state index in [1.54, 1.807) is 0 Å². The lowest BCUT2D eigenvalue weighted by molar-refractivity contribution is -0.167. The van der Waals surface area contributed by atoms with E-state index in [1.165, 1.54) is 205 Å². The fraction of sp³-hybridized carbons (Fsp3) is 0.862. The predicted octanol–water partition coefficient (Wildman–Crippen LogP) is 21.2. The van der Waals surface area contributed by atoms with Gasteiger partial charge in [-0.25, -0.2) is 0 Å². The van der Waals surface area contributed by atoms with Gasteiger partial charge in [0.05, 0.1) is 0 Å². The second-order valence-electron chi connectivity index (χ2n) is 21.3. The molecule has 0 aliphatic heterocycles. The average molecular weight is 998 g/mol. The first-order chi connectivity index (χ1) is 35.0. The Balaban J connectivity index is 4.07. The van der Waals surface area contributed by atoms with Crippen molar-refractivity contribution in [2.75, 3.05) is 13.2 Å². The van der Waals surface area contributed by atoms with Crippen molar-refractivity contribution >= 4 is 17.9 Å². The minimum Gasteiger partial charge on any atom is -0.462 e. The number of hydrogen-bond donors (Lipinski definition) is 0. The van der Waals surface area contributed by atoms with Gasteiger partial charge in [0.25, 0.3) is 0 Å². The maximum absolute atomic E-state index is 12.8. The molecule has 0 saturated carbocycles. The maximum atomic E-state index is 12.8. The Morgan fingerprint density at radius 3 is 0.859 bits per heavy atom. The summed E-state index contributed by atoms with van der Waals surface area (Å²) in [4.78, 5) is 38.1. The molecule has 0 spiro atoms. The summed E-state index contributed by atoms with van der Waals surface area (Å²) in [5.74, 6) is -0.876. The van der Waals surface area contributed by atoms with Crippen molar-refractivity contribution in [1.29, 1.82) is 0 Å². The smallest absolute Gasteiger partial charge is 0.306 e. The molecule has 0 bridgehead atoms. The monoisotopic (exact) mass is 997 g/mol. The standard InChI is InChI=1S/C65H120O6/c1-4-7-10-13-16-19-21-23-25-26-27-28-29-30-31-32-33-34-35-36-37-38-40-41-43-46-49-52-55-58-64(67)70-61-62(60-69-63(66)57-54-51-48-45-18-15-12-9-6-3)71-65(68)59-56-53-50-47-44-42-39-24-22-20-17-14-11-8-5-2/h8,11,17,20,24,39,62H,4-7,9-10,12-16,18-19,21-23,25-38,40-61H2,1-3H3/b11-8-,20-17-,39-24-. The van der Waals surface area contributed by atoms with Crippen LogP contribution in [0.1, 0.15) is 342 Å². The molecule has 6 nitrogen and oxygen atoms in total. The number of rotatable bonds is 58. The van der Waals surface area contributed by atoms with Gasteiger partial charge in [-0.05, 0) is 51.4 Å². The maximum Gasteiger partial charge on any atom is 0.306 e. The van der Waals surface area contributed by atoms with Crippen LogP contribution < -0.4 is 0 Å². The van der Waals surface area contributed by atoms with Crippen LogP contribution in [0.4, 0.5) is 0 Å². The molecule has 0 aliphatic carbocycles. The highest BCUT2D eigenvalue weighted by Gasteiger charge is 2.19. The van der Waals surface area contributed by atoms with Gasteiger partial charge in [0.1, 0.15) is 13.2 Å². The van der Waals surface area contributed by atoms with Crippen molar-refractivity contribution in [2.45, 2.75) is 348 Å². The summed E-state index contributed by atoms with van der Waals surface area (Å²) in [5, 5.41) is 0. The van der Waals surface area contributed by atoms with Gasteiger partial charge in [0.15, 0.2) is 6.10 Å². The van der Waals surface area contributed by atoms with Crippen LogP contribution >= 0.6 is 0 Å². The molecule has 0 fully saturated rings. The van der Waals surface area contributed by atoms with Gasteiger partial charge < -0.3 is 14.2 Å². The first-order valence-corrected chi connectivity index (χ1v) is 31.5. The largest absolute Gasteiger partial charge is 0.462 e. The molecule has 0 aliphatic rings. The van der Waals surface area contributed by atoms with Gasteiger partial charge in [-0.3, -0.25) is 14.4 Å². The second-order valence-corrected chi connectivity index (χ2v) is 21.3. The quantitative estimate of drug-likeness (QED) is 0.0261. The molecule has 0 rings (SSSR count). The van der Waals surface area contributed by atoms with Crippen LogP contribution in [0.15, 0.2) is 36.5 Å². The number of allylic oxidation sites excluding steroid dienone is 6. The van der Waals surface area contributed by atoms with Crippen LogP contribution in [0.2, 0.25) is 0 Å². The molecule has 1 unspecified atom stereocenters. The molecule has 0 saturated heterocycles. The van der Waals surface area contributed by atoms with Crippen molar-refractivity contribution in [3.63, 3.8) is 0 Å². The van der Waals surface area contributed by atoms with E-state index in [2.05, 4.69) is 57.2 Å². The summed E-state index contributed by atoms with van der Waals surface area (Å²) < 4.78 is 16.8. The molecule has 71 heavy (non-hydrogen) atoms. The minimum absolute atomic E-state index is 0.0747. The summed E-state index contributed by atoms with van der Waals surface area (Å²) in [6, 6.07) is 0. The zero-order chi connectivity index (χ0) is 51.4. The Labute approximate surface area is 442 Å². The normalized spacial score (nSPS) is 12.2. The fourth-order valence-corrected chi connectivity index (χ4v) is 9.46.